The second-order valence-electron chi connectivity index (χ2n) is 3.43. The van der Waals surface area contributed by atoms with Crippen LogP contribution < -0.4 is 0 Å². The minimum atomic E-state index is -3.91. The molecule has 2 rings (SSSR count). The summed E-state index contributed by atoms with van der Waals surface area (Å²) in [6.45, 7) is 0. The molecule has 5 nitrogen and oxygen atoms in total. The van der Waals surface area contributed by atoms with Crippen molar-refractivity contribution in [2.75, 3.05) is 0 Å². The van der Waals surface area contributed by atoms with Gasteiger partial charge < -0.3 is 0 Å². The van der Waals surface area contributed by atoms with Gasteiger partial charge in [-0.25, -0.2) is 8.42 Å². The molecule has 0 spiro atoms. The summed E-state index contributed by atoms with van der Waals surface area (Å²) in [6.07, 6.45) is 0. The molecule has 0 amide bonds. The summed E-state index contributed by atoms with van der Waals surface area (Å²) in [5.74, 6) is 0.382. The molecule has 0 aliphatic heterocycles. The van der Waals surface area contributed by atoms with E-state index in [9.17, 15) is 8.42 Å². The normalized spacial score (nSPS) is 11.8. The van der Waals surface area contributed by atoms with Gasteiger partial charge in [-0.05, 0) is 34.7 Å². The maximum atomic E-state index is 11.2. The minimum absolute atomic E-state index is 0.297. The number of hydrogen-bond donors (Lipinski definition) is 0. The molecule has 0 N–H and O–H groups in total. The first kappa shape index (κ1) is 14.0. The third-order valence-electron chi connectivity index (χ3n) is 2.23. The number of hydrogen-bond acceptors (Lipinski definition) is 4. The van der Waals surface area contributed by atoms with Crippen molar-refractivity contribution in [2.45, 2.75) is 5.16 Å². The molecular formula is C9H6Cl2IN3O2S. The van der Waals surface area contributed by atoms with Gasteiger partial charge in [0.15, 0.2) is 5.82 Å². The molecule has 18 heavy (non-hydrogen) atoms. The van der Waals surface area contributed by atoms with Gasteiger partial charge in [-0.3, -0.25) is 4.57 Å². The van der Waals surface area contributed by atoms with Gasteiger partial charge in [0.05, 0.1) is 5.02 Å². The zero-order valence-corrected chi connectivity index (χ0v) is 13.4. The van der Waals surface area contributed by atoms with Crippen molar-refractivity contribution in [3.05, 3.63) is 26.8 Å². The largest absolute Gasteiger partial charge is 0.300 e. The summed E-state index contributed by atoms with van der Waals surface area (Å²) in [5.41, 5.74) is 0.669. The SMILES string of the molecule is Cn1c(-c2ccc(I)c(Cl)c2)nnc1S(=O)(=O)Cl. The predicted molar refractivity (Wildman–Crippen MR) is 77.2 cm³/mol. The van der Waals surface area contributed by atoms with E-state index in [0.29, 0.717) is 16.4 Å². The van der Waals surface area contributed by atoms with Crippen LogP contribution in [0.2, 0.25) is 5.02 Å². The first-order valence-electron chi connectivity index (χ1n) is 4.60. The highest BCUT2D eigenvalue weighted by molar-refractivity contribution is 14.1. The zero-order chi connectivity index (χ0) is 13.5. The minimum Gasteiger partial charge on any atom is -0.300 e. The number of benzene rings is 1. The number of nitrogens with zero attached hydrogens (tertiary/aromatic N) is 3. The molecule has 9 heteroatoms. The Balaban J connectivity index is 2.59. The van der Waals surface area contributed by atoms with Crippen molar-refractivity contribution in [1.29, 1.82) is 0 Å². The lowest BCUT2D eigenvalue weighted by molar-refractivity contribution is 0.593. The Kier molecular flexibility index (Phi) is 3.86. The molecule has 0 unspecified atom stereocenters. The van der Waals surface area contributed by atoms with Crippen molar-refractivity contribution in [2.24, 2.45) is 7.05 Å². The second-order valence-corrected chi connectivity index (χ2v) is 7.46. The van der Waals surface area contributed by atoms with Crippen molar-refractivity contribution in [1.82, 2.24) is 14.8 Å². The molecule has 0 bridgehead atoms. The Morgan fingerprint density at radius 3 is 2.50 bits per heavy atom. The highest BCUT2D eigenvalue weighted by atomic mass is 127. The summed E-state index contributed by atoms with van der Waals surface area (Å²) in [4.78, 5) is 0. The summed E-state index contributed by atoms with van der Waals surface area (Å²) in [5, 5.41) is 7.64. The van der Waals surface area contributed by atoms with Crippen LogP contribution >= 0.6 is 44.9 Å². The van der Waals surface area contributed by atoms with E-state index in [1.54, 1.807) is 12.1 Å². The topological polar surface area (TPSA) is 64.8 Å². The lowest BCUT2D eigenvalue weighted by Gasteiger charge is -2.03. The molecule has 2 aromatic rings. The van der Waals surface area contributed by atoms with Crippen LogP contribution in [-0.4, -0.2) is 23.2 Å². The van der Waals surface area contributed by atoms with Crippen molar-refractivity contribution >= 4 is 53.9 Å². The molecular weight excluding hydrogens is 412 g/mol. The lowest BCUT2D eigenvalue weighted by atomic mass is 10.2. The standard InChI is InChI=1S/C9H6Cl2IN3O2S/c1-15-8(13-14-9(15)18(11,16)17)5-2-3-7(12)6(10)4-5/h2-4H,1H3. The Labute approximate surface area is 127 Å². The Morgan fingerprint density at radius 1 is 1.33 bits per heavy atom. The fourth-order valence-corrected chi connectivity index (χ4v) is 2.88. The van der Waals surface area contributed by atoms with E-state index in [2.05, 4.69) is 32.8 Å². The van der Waals surface area contributed by atoms with E-state index in [1.165, 1.54) is 11.6 Å². The van der Waals surface area contributed by atoms with Gasteiger partial charge in [-0.2, -0.15) is 0 Å². The summed E-state index contributed by atoms with van der Waals surface area (Å²) >= 11 is 8.10. The van der Waals surface area contributed by atoms with E-state index >= 15 is 0 Å². The number of rotatable bonds is 2. The van der Waals surface area contributed by atoms with Crippen LogP contribution in [0.4, 0.5) is 0 Å². The van der Waals surface area contributed by atoms with E-state index in [0.717, 1.165) is 3.57 Å². The van der Waals surface area contributed by atoms with Crippen molar-refractivity contribution < 1.29 is 8.42 Å². The van der Waals surface area contributed by atoms with Gasteiger partial charge in [0.25, 0.3) is 14.2 Å². The van der Waals surface area contributed by atoms with Crippen LogP contribution in [0.5, 0.6) is 0 Å². The van der Waals surface area contributed by atoms with Crippen LogP contribution in [-0.2, 0) is 16.1 Å². The fraction of sp³-hybridized carbons (Fsp3) is 0.111. The zero-order valence-electron chi connectivity index (χ0n) is 8.93. The number of halogens is 3. The molecule has 1 aromatic heterocycles. The van der Waals surface area contributed by atoms with Gasteiger partial charge >= 0.3 is 0 Å². The van der Waals surface area contributed by atoms with Crippen LogP contribution in [0.1, 0.15) is 0 Å². The third-order valence-corrected chi connectivity index (χ3v) is 5.01. The molecule has 96 valence electrons. The Bertz CT molecular complexity index is 715. The maximum Gasteiger partial charge on any atom is 0.296 e. The Morgan fingerprint density at radius 2 is 2.00 bits per heavy atom. The average Bonchev–Trinajstić information content (AvgIpc) is 2.64. The van der Waals surface area contributed by atoms with E-state index in [4.69, 9.17) is 22.3 Å². The molecule has 0 aliphatic rings. The maximum absolute atomic E-state index is 11.2. The monoisotopic (exact) mass is 417 g/mol. The summed E-state index contributed by atoms with van der Waals surface area (Å²) in [7, 11) is 2.86. The lowest BCUT2D eigenvalue weighted by Crippen LogP contribution is -2.02. The molecule has 0 radical (unpaired) electrons. The van der Waals surface area contributed by atoms with Crippen LogP contribution in [0, 0.1) is 3.57 Å². The van der Waals surface area contributed by atoms with Gasteiger partial charge in [0, 0.05) is 26.9 Å². The second kappa shape index (κ2) is 4.95. The van der Waals surface area contributed by atoms with E-state index < -0.39 is 9.05 Å². The number of aromatic nitrogens is 3. The van der Waals surface area contributed by atoms with Crippen LogP contribution in [0.3, 0.4) is 0 Å². The highest BCUT2D eigenvalue weighted by Crippen LogP contribution is 2.26. The molecule has 1 aromatic carbocycles. The predicted octanol–water partition coefficient (Wildman–Crippen LogP) is 2.67. The first-order chi connectivity index (χ1) is 8.30. The highest BCUT2D eigenvalue weighted by Gasteiger charge is 2.21. The fourth-order valence-electron chi connectivity index (χ4n) is 1.41. The quantitative estimate of drug-likeness (QED) is 0.556. The smallest absolute Gasteiger partial charge is 0.296 e. The van der Waals surface area contributed by atoms with Gasteiger partial charge in [0.2, 0.25) is 0 Å². The molecule has 0 atom stereocenters. The van der Waals surface area contributed by atoms with Crippen molar-refractivity contribution in [3.8, 4) is 11.4 Å². The van der Waals surface area contributed by atoms with Crippen molar-refractivity contribution in [3.63, 3.8) is 0 Å². The summed E-state index contributed by atoms with van der Waals surface area (Å²) in [6, 6.07) is 5.28. The average molecular weight is 418 g/mol. The molecule has 0 saturated heterocycles. The van der Waals surface area contributed by atoms with E-state index in [1.807, 2.05) is 6.07 Å². The molecule has 1 heterocycles. The van der Waals surface area contributed by atoms with Gasteiger partial charge in [-0.15, -0.1) is 10.2 Å². The molecule has 0 aliphatic carbocycles. The first-order valence-corrected chi connectivity index (χ1v) is 8.37. The molecule has 0 saturated carbocycles. The third kappa shape index (κ3) is 2.63. The summed E-state index contributed by atoms with van der Waals surface area (Å²) < 4.78 is 24.7. The van der Waals surface area contributed by atoms with Gasteiger partial charge in [0.1, 0.15) is 0 Å². The molecule has 0 fully saturated rings. The van der Waals surface area contributed by atoms with E-state index in [-0.39, 0.29) is 5.16 Å². The van der Waals surface area contributed by atoms with Crippen LogP contribution in [0.15, 0.2) is 23.4 Å². The van der Waals surface area contributed by atoms with Gasteiger partial charge in [-0.1, -0.05) is 17.7 Å². The van der Waals surface area contributed by atoms with Crippen LogP contribution in [0.25, 0.3) is 11.4 Å². The Hall–Kier alpha value is -0.380.